The Morgan fingerprint density at radius 1 is 0.387 bits per heavy atom. The largest absolute Gasteiger partial charge is 0.310 e. The molecule has 3 heteroatoms. The number of hydrogen-bond donors (Lipinski definition) is 0. The van der Waals surface area contributed by atoms with Crippen LogP contribution in [-0.2, 0) is 10.8 Å². The highest BCUT2D eigenvalue weighted by Crippen LogP contribution is 2.61. The first-order valence-electron chi connectivity index (χ1n) is 21.6. The van der Waals surface area contributed by atoms with Gasteiger partial charge in [-0.15, -0.1) is 0 Å². The van der Waals surface area contributed by atoms with Crippen molar-refractivity contribution in [2.45, 2.75) is 24.7 Å². The zero-order valence-electron chi connectivity index (χ0n) is 34.5. The number of aromatic nitrogens is 2. The average Bonchev–Trinajstić information content (AvgIpc) is 4.01. The first kappa shape index (κ1) is 35.0. The molecule has 62 heavy (non-hydrogen) atoms. The highest BCUT2D eigenvalue weighted by Gasteiger charge is 2.54. The van der Waals surface area contributed by atoms with Crippen LogP contribution in [0.15, 0.2) is 212 Å². The highest BCUT2D eigenvalue weighted by molar-refractivity contribution is 5.94. The maximum atomic E-state index is 5.50. The lowest BCUT2D eigenvalue weighted by molar-refractivity contribution is 0.660. The van der Waals surface area contributed by atoms with Gasteiger partial charge in [0.05, 0.1) is 16.7 Å². The molecule has 2 aliphatic carbocycles. The van der Waals surface area contributed by atoms with Crippen LogP contribution in [0.3, 0.4) is 0 Å². The zero-order chi connectivity index (χ0) is 41.2. The summed E-state index contributed by atoms with van der Waals surface area (Å²) >= 11 is 0. The monoisotopic (exact) mass is 791 g/mol. The van der Waals surface area contributed by atoms with Gasteiger partial charge in [0.1, 0.15) is 11.2 Å². The molecule has 0 saturated carbocycles. The van der Waals surface area contributed by atoms with E-state index in [9.17, 15) is 0 Å². The van der Waals surface area contributed by atoms with Crippen LogP contribution in [0.1, 0.15) is 47.5 Å². The molecule has 9 aromatic carbocycles. The fraction of sp³-hybridized carbons (Fsp3) is 0.0678. The number of rotatable bonds is 5. The molecular weight excluding hydrogens is 751 g/mol. The number of hydrogen-bond acceptors (Lipinski definition) is 2. The Bertz CT molecular complexity index is 3430. The van der Waals surface area contributed by atoms with Gasteiger partial charge in [0.15, 0.2) is 0 Å². The molecule has 13 rings (SSSR count). The maximum absolute atomic E-state index is 5.50. The quantitative estimate of drug-likeness (QED) is 0.173. The van der Waals surface area contributed by atoms with E-state index in [0.29, 0.717) is 0 Å². The van der Waals surface area contributed by atoms with E-state index in [4.69, 9.17) is 4.98 Å². The summed E-state index contributed by atoms with van der Waals surface area (Å²) in [7, 11) is 0. The second-order valence-corrected chi connectivity index (χ2v) is 17.5. The number of nitrogens with zero attached hydrogens (tertiary/aromatic N) is 3. The molecule has 0 radical (unpaired) electrons. The van der Waals surface area contributed by atoms with Crippen molar-refractivity contribution < 1.29 is 0 Å². The van der Waals surface area contributed by atoms with Crippen molar-refractivity contribution in [1.29, 1.82) is 0 Å². The Kier molecular flexibility index (Phi) is 7.28. The molecule has 0 saturated heterocycles. The summed E-state index contributed by atoms with van der Waals surface area (Å²) in [6.07, 6.45) is 0. The molecule has 292 valence electrons. The van der Waals surface area contributed by atoms with Crippen LogP contribution in [0.5, 0.6) is 0 Å². The summed E-state index contributed by atoms with van der Waals surface area (Å²) < 4.78 is 2.40. The molecule has 3 nitrogen and oxygen atoms in total. The van der Waals surface area contributed by atoms with Gasteiger partial charge in [-0.1, -0.05) is 166 Å². The molecule has 0 bridgehead atoms. The smallest absolute Gasteiger partial charge is 0.134 e. The first-order chi connectivity index (χ1) is 30.5. The Morgan fingerprint density at radius 3 is 1.66 bits per heavy atom. The standard InChI is InChI=1S/C59H41N3/c1-58(2)49-18-8-6-16-45(49)47-34-28-41(36-52(47)58)40-26-31-43(32-27-40)61(42-29-24-39(25-30-42)38-14-4-3-5-15-38)44-33-35-48-46-17-7-9-19-50(46)59(53(48)37-44)51-20-10-12-22-55(51)62-56-23-13-11-21-54(56)60-57(59)62/h3-37H,1-2H3. The summed E-state index contributed by atoms with van der Waals surface area (Å²) in [5.74, 6) is 1.05. The topological polar surface area (TPSA) is 21.1 Å². The summed E-state index contributed by atoms with van der Waals surface area (Å²) in [5.41, 5.74) is 22.6. The highest BCUT2D eigenvalue weighted by atomic mass is 15.2. The lowest BCUT2D eigenvalue weighted by Crippen LogP contribution is -2.27. The number of fused-ring (bicyclic) bond motifs is 15. The lowest BCUT2D eigenvalue weighted by atomic mass is 9.73. The van der Waals surface area contributed by atoms with Crippen LogP contribution >= 0.6 is 0 Å². The second kappa shape index (κ2) is 12.9. The SMILES string of the molecule is CC1(C)c2ccccc2-c2ccc(-c3ccc(N(c4ccc(-c5ccccc5)cc4)c4ccc5c(c4)C4(c6ccccc6-5)c5ccccc5-n5c4nc4ccccc45)cc3)cc21. The van der Waals surface area contributed by atoms with Crippen molar-refractivity contribution in [3.63, 3.8) is 0 Å². The van der Waals surface area contributed by atoms with Crippen LogP contribution in [0.25, 0.3) is 61.2 Å². The average molecular weight is 792 g/mol. The van der Waals surface area contributed by atoms with Gasteiger partial charge < -0.3 is 4.90 Å². The van der Waals surface area contributed by atoms with Crippen molar-refractivity contribution >= 4 is 28.1 Å². The molecular formula is C59H41N3. The van der Waals surface area contributed by atoms with E-state index in [1.807, 2.05) is 0 Å². The van der Waals surface area contributed by atoms with Gasteiger partial charge in [-0.2, -0.15) is 0 Å². The van der Waals surface area contributed by atoms with Crippen LogP contribution < -0.4 is 4.90 Å². The van der Waals surface area contributed by atoms with E-state index >= 15 is 0 Å². The predicted octanol–water partition coefficient (Wildman–Crippen LogP) is 14.8. The third-order valence-electron chi connectivity index (χ3n) is 14.0. The summed E-state index contributed by atoms with van der Waals surface area (Å²) in [6.45, 7) is 4.70. The van der Waals surface area contributed by atoms with Crippen molar-refractivity contribution in [2.75, 3.05) is 4.90 Å². The van der Waals surface area contributed by atoms with E-state index < -0.39 is 5.41 Å². The number of para-hydroxylation sites is 3. The number of benzene rings is 9. The normalized spacial score (nSPS) is 15.8. The van der Waals surface area contributed by atoms with E-state index in [-0.39, 0.29) is 5.41 Å². The van der Waals surface area contributed by atoms with Gasteiger partial charge in [0.2, 0.25) is 0 Å². The van der Waals surface area contributed by atoms with Gasteiger partial charge in [-0.25, -0.2) is 4.98 Å². The van der Waals surface area contributed by atoms with Crippen molar-refractivity contribution in [3.05, 3.63) is 246 Å². The summed E-state index contributed by atoms with van der Waals surface area (Å²) in [5, 5.41) is 0. The molecule has 2 heterocycles. The Hall–Kier alpha value is -7.75. The molecule has 1 atom stereocenters. The Labute approximate surface area is 361 Å². The molecule has 1 spiro atoms. The lowest BCUT2D eigenvalue weighted by Gasteiger charge is -2.30. The van der Waals surface area contributed by atoms with E-state index in [1.54, 1.807) is 0 Å². The van der Waals surface area contributed by atoms with Crippen LogP contribution in [0.4, 0.5) is 17.1 Å². The molecule has 0 amide bonds. The Morgan fingerprint density at radius 2 is 0.903 bits per heavy atom. The third kappa shape index (κ3) is 4.73. The van der Waals surface area contributed by atoms with Crippen molar-refractivity contribution in [1.82, 2.24) is 9.55 Å². The van der Waals surface area contributed by atoms with E-state index in [2.05, 4.69) is 236 Å². The first-order valence-corrected chi connectivity index (χ1v) is 21.6. The second-order valence-electron chi connectivity index (χ2n) is 17.5. The Balaban J connectivity index is 0.985. The minimum Gasteiger partial charge on any atom is -0.310 e. The van der Waals surface area contributed by atoms with Gasteiger partial charge in [-0.3, -0.25) is 4.57 Å². The van der Waals surface area contributed by atoms with Gasteiger partial charge in [0.25, 0.3) is 0 Å². The fourth-order valence-electron chi connectivity index (χ4n) is 11.1. The summed E-state index contributed by atoms with van der Waals surface area (Å²) in [6, 6.07) is 78.2. The summed E-state index contributed by atoms with van der Waals surface area (Å²) in [4.78, 5) is 7.92. The number of imidazole rings is 1. The molecule has 1 unspecified atom stereocenters. The molecule has 3 aliphatic rings. The molecule has 10 aromatic rings. The van der Waals surface area contributed by atoms with Crippen molar-refractivity contribution in [3.8, 4) is 50.2 Å². The van der Waals surface area contributed by atoms with Gasteiger partial charge in [-0.05, 0) is 133 Å². The maximum Gasteiger partial charge on any atom is 0.134 e. The fourth-order valence-corrected chi connectivity index (χ4v) is 11.1. The molecule has 0 fully saturated rings. The van der Waals surface area contributed by atoms with E-state index in [1.165, 1.54) is 78.0 Å². The van der Waals surface area contributed by atoms with E-state index in [0.717, 1.165) is 33.9 Å². The van der Waals surface area contributed by atoms with Gasteiger partial charge >= 0.3 is 0 Å². The van der Waals surface area contributed by atoms with Crippen molar-refractivity contribution in [2.24, 2.45) is 0 Å². The predicted molar refractivity (Wildman–Crippen MR) is 255 cm³/mol. The third-order valence-corrected chi connectivity index (χ3v) is 14.0. The van der Waals surface area contributed by atoms with Crippen LogP contribution in [-0.4, -0.2) is 9.55 Å². The van der Waals surface area contributed by atoms with Crippen LogP contribution in [0.2, 0.25) is 0 Å². The van der Waals surface area contributed by atoms with Gasteiger partial charge in [0, 0.05) is 22.5 Å². The van der Waals surface area contributed by atoms with Crippen LogP contribution in [0, 0.1) is 0 Å². The minimum absolute atomic E-state index is 0.0567. The molecule has 0 N–H and O–H groups in total. The number of anilines is 3. The molecule has 1 aromatic heterocycles. The zero-order valence-corrected chi connectivity index (χ0v) is 34.5. The minimum atomic E-state index is -0.592. The molecule has 1 aliphatic heterocycles.